The highest BCUT2D eigenvalue weighted by molar-refractivity contribution is 5.94. The average Bonchev–Trinajstić information content (AvgIpc) is 3.38. The molecule has 1 aliphatic heterocycles. The molecule has 1 aromatic heterocycles. The van der Waals surface area contributed by atoms with Crippen LogP contribution in [0.1, 0.15) is 28.8 Å². The summed E-state index contributed by atoms with van der Waals surface area (Å²) in [5.74, 6) is 1.51. The summed E-state index contributed by atoms with van der Waals surface area (Å²) in [6.07, 6.45) is 6.94. The number of rotatable bonds is 8. The van der Waals surface area contributed by atoms with E-state index in [1.165, 1.54) is 12.0 Å². The Labute approximate surface area is 190 Å². The first-order valence-corrected chi connectivity index (χ1v) is 11.3. The van der Waals surface area contributed by atoms with Crippen LogP contribution in [0.25, 0.3) is 5.69 Å². The number of amides is 1. The quantitative estimate of drug-likeness (QED) is 0.542. The molecule has 1 atom stereocenters. The third-order valence-corrected chi connectivity index (χ3v) is 6.23. The van der Waals surface area contributed by atoms with Gasteiger partial charge in [-0.05, 0) is 67.6 Å². The van der Waals surface area contributed by atoms with Gasteiger partial charge in [-0.25, -0.2) is 4.68 Å². The van der Waals surface area contributed by atoms with Gasteiger partial charge < -0.3 is 14.5 Å². The molecule has 6 heteroatoms. The van der Waals surface area contributed by atoms with Gasteiger partial charge in [-0.2, -0.15) is 5.10 Å². The first-order valence-electron chi connectivity index (χ1n) is 11.3. The number of carbonyl (C=O) groups is 1. The van der Waals surface area contributed by atoms with Crippen LogP contribution in [-0.2, 0) is 6.42 Å². The molecule has 32 heavy (non-hydrogen) atoms. The highest BCUT2D eigenvalue weighted by Crippen LogP contribution is 2.22. The van der Waals surface area contributed by atoms with Crippen LogP contribution >= 0.6 is 0 Å². The molecule has 168 valence electrons. The smallest absolute Gasteiger partial charge is 0.253 e. The van der Waals surface area contributed by atoms with Crippen molar-refractivity contribution in [2.45, 2.75) is 19.3 Å². The second kappa shape index (κ2) is 10.5. The van der Waals surface area contributed by atoms with Crippen LogP contribution in [0.5, 0.6) is 5.75 Å². The van der Waals surface area contributed by atoms with Crippen LogP contribution in [0.3, 0.4) is 0 Å². The summed E-state index contributed by atoms with van der Waals surface area (Å²) >= 11 is 0. The van der Waals surface area contributed by atoms with Crippen molar-refractivity contribution in [1.82, 2.24) is 19.6 Å². The molecular weight excluding hydrogens is 400 g/mol. The SMILES string of the molecule is COc1ccccc1CCN1CCCC(CN(C)C(=O)c2cccc(-n3cccn3)c2)C1. The van der Waals surface area contributed by atoms with Crippen molar-refractivity contribution in [3.63, 3.8) is 0 Å². The lowest BCUT2D eigenvalue weighted by Crippen LogP contribution is -2.42. The fourth-order valence-corrected chi connectivity index (χ4v) is 4.59. The Morgan fingerprint density at radius 3 is 2.88 bits per heavy atom. The molecule has 6 nitrogen and oxygen atoms in total. The summed E-state index contributed by atoms with van der Waals surface area (Å²) in [5.41, 5.74) is 2.85. The monoisotopic (exact) mass is 432 g/mol. The maximum atomic E-state index is 13.1. The lowest BCUT2D eigenvalue weighted by atomic mass is 9.96. The molecule has 1 fully saturated rings. The lowest BCUT2D eigenvalue weighted by molar-refractivity contribution is 0.0730. The first-order chi connectivity index (χ1) is 15.6. The minimum absolute atomic E-state index is 0.0603. The van der Waals surface area contributed by atoms with Gasteiger partial charge >= 0.3 is 0 Å². The number of benzene rings is 2. The zero-order valence-electron chi connectivity index (χ0n) is 19.0. The van der Waals surface area contributed by atoms with Gasteiger partial charge in [0.2, 0.25) is 0 Å². The molecule has 1 amide bonds. The molecule has 2 heterocycles. The molecule has 1 saturated heterocycles. The lowest BCUT2D eigenvalue weighted by Gasteiger charge is -2.35. The fraction of sp³-hybridized carbons (Fsp3) is 0.385. The highest BCUT2D eigenvalue weighted by atomic mass is 16.5. The molecule has 0 radical (unpaired) electrons. The van der Waals surface area contributed by atoms with Crippen molar-refractivity contribution in [2.75, 3.05) is 40.3 Å². The van der Waals surface area contributed by atoms with Crippen molar-refractivity contribution < 1.29 is 9.53 Å². The van der Waals surface area contributed by atoms with Gasteiger partial charge in [-0.3, -0.25) is 4.79 Å². The van der Waals surface area contributed by atoms with Crippen LogP contribution in [-0.4, -0.2) is 65.8 Å². The van der Waals surface area contributed by atoms with Crippen molar-refractivity contribution in [3.8, 4) is 11.4 Å². The molecule has 0 bridgehead atoms. The Morgan fingerprint density at radius 1 is 1.19 bits per heavy atom. The number of likely N-dealkylation sites (tertiary alicyclic amines) is 1. The van der Waals surface area contributed by atoms with Gasteiger partial charge in [0, 0.05) is 44.6 Å². The number of carbonyl (C=O) groups excluding carboxylic acids is 1. The third-order valence-electron chi connectivity index (χ3n) is 6.23. The fourth-order valence-electron chi connectivity index (χ4n) is 4.59. The number of para-hydroxylation sites is 1. The van der Waals surface area contributed by atoms with E-state index in [4.69, 9.17) is 4.74 Å². The summed E-state index contributed by atoms with van der Waals surface area (Å²) < 4.78 is 7.27. The highest BCUT2D eigenvalue weighted by Gasteiger charge is 2.23. The molecule has 0 saturated carbocycles. The van der Waals surface area contributed by atoms with Crippen molar-refractivity contribution >= 4 is 5.91 Å². The summed E-state index contributed by atoms with van der Waals surface area (Å²) in [4.78, 5) is 17.5. The van der Waals surface area contributed by atoms with Crippen LogP contribution in [0.2, 0.25) is 0 Å². The summed E-state index contributed by atoms with van der Waals surface area (Å²) in [6.45, 7) is 3.94. The van der Waals surface area contributed by atoms with Gasteiger partial charge in [0.1, 0.15) is 5.75 Å². The maximum absolute atomic E-state index is 13.1. The van der Waals surface area contributed by atoms with Crippen molar-refractivity contribution in [2.24, 2.45) is 5.92 Å². The Morgan fingerprint density at radius 2 is 2.06 bits per heavy atom. The van der Waals surface area contributed by atoms with Crippen LogP contribution in [0, 0.1) is 5.92 Å². The minimum Gasteiger partial charge on any atom is -0.496 e. The summed E-state index contributed by atoms with van der Waals surface area (Å²) in [7, 11) is 3.64. The van der Waals surface area contributed by atoms with E-state index in [-0.39, 0.29) is 5.91 Å². The van der Waals surface area contributed by atoms with E-state index in [9.17, 15) is 4.79 Å². The second-order valence-electron chi connectivity index (χ2n) is 8.56. The topological polar surface area (TPSA) is 50.6 Å². The number of piperidine rings is 1. The first kappa shape index (κ1) is 22.1. The van der Waals surface area contributed by atoms with E-state index in [1.807, 2.05) is 60.6 Å². The van der Waals surface area contributed by atoms with Crippen LogP contribution in [0.4, 0.5) is 0 Å². The molecule has 0 spiro atoms. The predicted octanol–water partition coefficient (Wildman–Crippen LogP) is 3.91. The number of hydrogen-bond donors (Lipinski definition) is 0. The number of ether oxygens (including phenoxy) is 1. The van der Waals surface area contributed by atoms with Crippen LogP contribution < -0.4 is 4.74 Å². The summed E-state index contributed by atoms with van der Waals surface area (Å²) in [5, 5.41) is 4.26. The number of nitrogens with zero attached hydrogens (tertiary/aromatic N) is 4. The van der Waals surface area contributed by atoms with E-state index >= 15 is 0 Å². The number of aromatic nitrogens is 2. The van der Waals surface area contributed by atoms with Crippen molar-refractivity contribution in [1.29, 1.82) is 0 Å². The van der Waals surface area contributed by atoms with Gasteiger partial charge in [0.05, 0.1) is 12.8 Å². The molecule has 4 rings (SSSR count). The average molecular weight is 433 g/mol. The molecule has 2 aromatic carbocycles. The minimum atomic E-state index is 0.0603. The van der Waals surface area contributed by atoms with Crippen LogP contribution in [0.15, 0.2) is 67.0 Å². The van der Waals surface area contributed by atoms with E-state index in [2.05, 4.69) is 22.1 Å². The molecule has 0 aliphatic carbocycles. The second-order valence-corrected chi connectivity index (χ2v) is 8.56. The number of methoxy groups -OCH3 is 1. The third kappa shape index (κ3) is 5.37. The Kier molecular flexibility index (Phi) is 7.22. The van der Waals surface area contributed by atoms with Gasteiger partial charge in [0.15, 0.2) is 0 Å². The van der Waals surface area contributed by atoms with Crippen molar-refractivity contribution in [3.05, 3.63) is 78.1 Å². The van der Waals surface area contributed by atoms with Gasteiger partial charge in [-0.15, -0.1) is 0 Å². The zero-order chi connectivity index (χ0) is 22.3. The standard InChI is InChI=1S/C26H32N4O2/c1-28(26(31)23-10-5-11-24(18-23)30-16-7-14-27-30)19-21-8-6-15-29(20-21)17-13-22-9-3-4-12-25(22)32-2/h3-5,7,9-12,14,16,18,21H,6,8,13,15,17,19-20H2,1-2H3. The predicted molar refractivity (Wildman–Crippen MR) is 126 cm³/mol. The maximum Gasteiger partial charge on any atom is 0.253 e. The molecule has 3 aromatic rings. The molecular formula is C26H32N4O2. The largest absolute Gasteiger partial charge is 0.496 e. The van der Waals surface area contributed by atoms with E-state index in [1.54, 1.807) is 18.0 Å². The Balaban J connectivity index is 1.32. The van der Waals surface area contributed by atoms with E-state index in [0.29, 0.717) is 11.5 Å². The molecule has 0 N–H and O–H groups in total. The number of hydrogen-bond acceptors (Lipinski definition) is 4. The molecule has 1 unspecified atom stereocenters. The van der Waals surface area contributed by atoms with Gasteiger partial charge in [-0.1, -0.05) is 24.3 Å². The zero-order valence-corrected chi connectivity index (χ0v) is 19.0. The van der Waals surface area contributed by atoms with E-state index in [0.717, 1.165) is 50.5 Å². The molecule has 1 aliphatic rings. The van der Waals surface area contributed by atoms with Gasteiger partial charge in [0.25, 0.3) is 5.91 Å². The summed E-state index contributed by atoms with van der Waals surface area (Å²) in [6, 6.07) is 17.8. The Hall–Kier alpha value is -3.12. The Bertz CT molecular complexity index is 1020. The normalized spacial score (nSPS) is 16.6. The van der Waals surface area contributed by atoms with E-state index < -0.39 is 0 Å².